The molecule has 20 heavy (non-hydrogen) atoms. The first-order valence-electron chi connectivity index (χ1n) is 6.74. The van der Waals surface area contributed by atoms with E-state index in [2.05, 4.69) is 29.2 Å². The van der Waals surface area contributed by atoms with E-state index in [0.29, 0.717) is 16.5 Å². The molecule has 1 aliphatic rings. The van der Waals surface area contributed by atoms with Crippen LogP contribution in [0.25, 0.3) is 0 Å². The normalized spacial score (nSPS) is 18.2. The van der Waals surface area contributed by atoms with Crippen LogP contribution in [0, 0.1) is 0 Å². The Kier molecular flexibility index (Phi) is 3.70. The summed E-state index contributed by atoms with van der Waals surface area (Å²) >= 11 is 6.14. The van der Waals surface area contributed by atoms with Crippen LogP contribution in [0.5, 0.6) is 5.75 Å². The Morgan fingerprint density at radius 1 is 1.15 bits per heavy atom. The molecule has 0 aromatic heterocycles. The van der Waals surface area contributed by atoms with E-state index in [4.69, 9.17) is 22.1 Å². The van der Waals surface area contributed by atoms with Gasteiger partial charge in [-0.3, -0.25) is 0 Å². The van der Waals surface area contributed by atoms with Gasteiger partial charge in [0.05, 0.1) is 11.6 Å². The molecule has 104 valence electrons. The monoisotopic (exact) mass is 288 g/mol. The van der Waals surface area contributed by atoms with Crippen molar-refractivity contribution in [2.45, 2.75) is 12.5 Å². The van der Waals surface area contributed by atoms with E-state index >= 15 is 0 Å². The maximum absolute atomic E-state index is 6.14. The molecule has 0 aliphatic carbocycles. The SMILES string of the molecule is Nc1ccc(OC2CCN(c3ccccc3)C2)c(Cl)c1. The van der Waals surface area contributed by atoms with Gasteiger partial charge in [-0.1, -0.05) is 29.8 Å². The quantitative estimate of drug-likeness (QED) is 0.878. The average Bonchev–Trinajstić information content (AvgIpc) is 2.92. The Balaban J connectivity index is 1.66. The first kappa shape index (κ1) is 13.1. The van der Waals surface area contributed by atoms with Crippen LogP contribution in [0.1, 0.15) is 6.42 Å². The molecule has 1 aliphatic heterocycles. The van der Waals surface area contributed by atoms with Gasteiger partial charge in [-0.05, 0) is 30.3 Å². The number of nitrogen functional groups attached to an aromatic ring is 1. The highest BCUT2D eigenvalue weighted by atomic mass is 35.5. The summed E-state index contributed by atoms with van der Waals surface area (Å²) in [6.45, 7) is 1.88. The summed E-state index contributed by atoms with van der Waals surface area (Å²) in [7, 11) is 0. The highest BCUT2D eigenvalue weighted by Gasteiger charge is 2.24. The number of hydrogen-bond donors (Lipinski definition) is 1. The lowest BCUT2D eigenvalue weighted by molar-refractivity contribution is 0.225. The third-order valence-electron chi connectivity index (χ3n) is 3.52. The summed E-state index contributed by atoms with van der Waals surface area (Å²) in [5, 5.41) is 0.572. The predicted octanol–water partition coefficient (Wildman–Crippen LogP) is 3.58. The van der Waals surface area contributed by atoms with E-state index in [0.717, 1.165) is 19.5 Å². The molecule has 4 heteroatoms. The summed E-state index contributed by atoms with van der Waals surface area (Å²) in [5.41, 5.74) is 7.58. The molecule has 2 aromatic carbocycles. The summed E-state index contributed by atoms with van der Waals surface area (Å²) in [6, 6.07) is 15.8. The van der Waals surface area contributed by atoms with Crippen LogP contribution in [0.4, 0.5) is 11.4 Å². The highest BCUT2D eigenvalue weighted by molar-refractivity contribution is 6.32. The van der Waals surface area contributed by atoms with E-state index in [1.807, 2.05) is 18.2 Å². The van der Waals surface area contributed by atoms with Gasteiger partial charge in [-0.15, -0.1) is 0 Å². The molecule has 3 nitrogen and oxygen atoms in total. The average molecular weight is 289 g/mol. The van der Waals surface area contributed by atoms with Gasteiger partial charge < -0.3 is 15.4 Å². The second-order valence-corrected chi connectivity index (χ2v) is 5.41. The van der Waals surface area contributed by atoms with Crippen LogP contribution in [0.2, 0.25) is 5.02 Å². The van der Waals surface area contributed by atoms with Gasteiger partial charge >= 0.3 is 0 Å². The van der Waals surface area contributed by atoms with Crippen molar-refractivity contribution in [3.8, 4) is 5.75 Å². The summed E-state index contributed by atoms with van der Waals surface area (Å²) in [5.74, 6) is 0.709. The third kappa shape index (κ3) is 2.83. The minimum atomic E-state index is 0.163. The number of hydrogen-bond acceptors (Lipinski definition) is 3. The molecule has 0 bridgehead atoms. The molecule has 1 atom stereocenters. The molecule has 2 N–H and O–H groups in total. The zero-order valence-corrected chi connectivity index (χ0v) is 11.9. The Morgan fingerprint density at radius 3 is 2.70 bits per heavy atom. The minimum absolute atomic E-state index is 0.163. The fourth-order valence-electron chi connectivity index (χ4n) is 2.49. The second-order valence-electron chi connectivity index (χ2n) is 5.00. The highest BCUT2D eigenvalue weighted by Crippen LogP contribution is 2.29. The number of halogens is 1. The third-order valence-corrected chi connectivity index (χ3v) is 3.81. The molecule has 1 heterocycles. The zero-order chi connectivity index (χ0) is 13.9. The molecular formula is C16H17ClN2O. The van der Waals surface area contributed by atoms with Gasteiger partial charge in [-0.25, -0.2) is 0 Å². The smallest absolute Gasteiger partial charge is 0.138 e. The molecule has 1 unspecified atom stereocenters. The Morgan fingerprint density at radius 2 is 1.95 bits per heavy atom. The van der Waals surface area contributed by atoms with Gasteiger partial charge in [-0.2, -0.15) is 0 Å². The van der Waals surface area contributed by atoms with Gasteiger partial charge in [0.25, 0.3) is 0 Å². The fourth-order valence-corrected chi connectivity index (χ4v) is 2.72. The van der Waals surface area contributed by atoms with Gasteiger partial charge in [0.15, 0.2) is 0 Å². The van der Waals surface area contributed by atoms with Crippen LogP contribution in [0.15, 0.2) is 48.5 Å². The van der Waals surface area contributed by atoms with Gasteiger partial charge in [0.2, 0.25) is 0 Å². The van der Waals surface area contributed by atoms with Crippen LogP contribution >= 0.6 is 11.6 Å². The molecular weight excluding hydrogens is 272 g/mol. The van der Waals surface area contributed by atoms with E-state index < -0.39 is 0 Å². The van der Waals surface area contributed by atoms with E-state index in [1.54, 1.807) is 6.07 Å². The Labute approximate surface area is 123 Å². The lowest BCUT2D eigenvalue weighted by atomic mass is 10.3. The van der Waals surface area contributed by atoms with E-state index in [-0.39, 0.29) is 6.10 Å². The van der Waals surface area contributed by atoms with Crippen molar-refractivity contribution in [1.82, 2.24) is 0 Å². The lowest BCUT2D eigenvalue weighted by Crippen LogP contribution is -2.24. The van der Waals surface area contributed by atoms with Crippen molar-refractivity contribution >= 4 is 23.0 Å². The standard InChI is InChI=1S/C16H17ClN2O/c17-15-10-12(18)6-7-16(15)20-14-8-9-19(11-14)13-4-2-1-3-5-13/h1-7,10,14H,8-9,11,18H2. The van der Waals surface area contributed by atoms with Crippen LogP contribution in [-0.4, -0.2) is 19.2 Å². The minimum Gasteiger partial charge on any atom is -0.487 e. The maximum Gasteiger partial charge on any atom is 0.138 e. The maximum atomic E-state index is 6.14. The van der Waals surface area contributed by atoms with Crippen molar-refractivity contribution in [2.24, 2.45) is 0 Å². The summed E-state index contributed by atoms with van der Waals surface area (Å²) < 4.78 is 5.98. The summed E-state index contributed by atoms with van der Waals surface area (Å²) in [4.78, 5) is 2.33. The molecule has 1 saturated heterocycles. The molecule has 0 spiro atoms. The number of benzene rings is 2. The largest absolute Gasteiger partial charge is 0.487 e. The number of para-hydroxylation sites is 1. The number of nitrogens with zero attached hydrogens (tertiary/aromatic N) is 1. The van der Waals surface area contributed by atoms with Gasteiger partial charge in [0, 0.05) is 24.3 Å². The van der Waals surface area contributed by atoms with Gasteiger partial charge in [0.1, 0.15) is 11.9 Å². The first-order chi connectivity index (χ1) is 9.72. The second kappa shape index (κ2) is 5.63. The number of ether oxygens (including phenoxy) is 1. The fraction of sp³-hybridized carbons (Fsp3) is 0.250. The van der Waals surface area contributed by atoms with Crippen molar-refractivity contribution in [3.05, 3.63) is 53.6 Å². The predicted molar refractivity (Wildman–Crippen MR) is 83.6 cm³/mol. The Bertz CT molecular complexity index is 588. The van der Waals surface area contributed by atoms with Crippen molar-refractivity contribution in [3.63, 3.8) is 0 Å². The van der Waals surface area contributed by atoms with Crippen LogP contribution in [0.3, 0.4) is 0 Å². The molecule has 2 aromatic rings. The topological polar surface area (TPSA) is 38.5 Å². The van der Waals surface area contributed by atoms with E-state index in [9.17, 15) is 0 Å². The summed E-state index contributed by atoms with van der Waals surface area (Å²) in [6.07, 6.45) is 1.16. The first-order valence-corrected chi connectivity index (χ1v) is 7.12. The van der Waals surface area contributed by atoms with Crippen LogP contribution < -0.4 is 15.4 Å². The van der Waals surface area contributed by atoms with Crippen molar-refractivity contribution < 1.29 is 4.74 Å². The van der Waals surface area contributed by atoms with Crippen molar-refractivity contribution in [2.75, 3.05) is 23.7 Å². The number of nitrogens with two attached hydrogens (primary N) is 1. The van der Waals surface area contributed by atoms with Crippen molar-refractivity contribution in [1.29, 1.82) is 0 Å². The van der Waals surface area contributed by atoms with Crippen LogP contribution in [-0.2, 0) is 0 Å². The lowest BCUT2D eigenvalue weighted by Gasteiger charge is -2.19. The molecule has 0 radical (unpaired) electrons. The molecule has 0 saturated carbocycles. The molecule has 3 rings (SSSR count). The van der Waals surface area contributed by atoms with E-state index in [1.165, 1.54) is 5.69 Å². The number of rotatable bonds is 3. The molecule has 0 amide bonds. The zero-order valence-electron chi connectivity index (χ0n) is 11.1. The molecule has 1 fully saturated rings. The number of anilines is 2. The Hall–Kier alpha value is -1.87.